The Morgan fingerprint density at radius 3 is 2.56 bits per heavy atom. The number of anilines is 1. The fourth-order valence-corrected chi connectivity index (χ4v) is 1.61. The van der Waals surface area contributed by atoms with Gasteiger partial charge in [-0.15, -0.1) is 5.10 Å². The Labute approximate surface area is 95.7 Å². The van der Waals surface area contributed by atoms with E-state index in [1.807, 2.05) is 13.8 Å². The van der Waals surface area contributed by atoms with Crippen LogP contribution in [0.1, 0.15) is 30.7 Å². The highest BCUT2D eigenvalue weighted by atomic mass is 15.2. The molecule has 5 nitrogen and oxygen atoms in total. The fraction of sp³-hybridized carbons (Fsp3) is 0.545. The molecule has 1 aromatic heterocycles. The molecule has 86 valence electrons. The van der Waals surface area contributed by atoms with Gasteiger partial charge in [0.15, 0.2) is 5.82 Å². The highest BCUT2D eigenvalue weighted by Crippen LogP contribution is 2.19. The lowest BCUT2D eigenvalue weighted by Crippen LogP contribution is -2.16. The lowest BCUT2D eigenvalue weighted by Gasteiger charge is -2.11. The van der Waals surface area contributed by atoms with Crippen LogP contribution < -0.4 is 11.1 Å². The molecule has 0 saturated heterocycles. The third kappa shape index (κ3) is 2.47. The number of nitriles is 1. The van der Waals surface area contributed by atoms with E-state index in [1.165, 1.54) is 0 Å². The number of nitrogens with one attached hydrogen (secondary N) is 1. The minimum Gasteiger partial charge on any atom is -0.366 e. The van der Waals surface area contributed by atoms with Crippen molar-refractivity contribution in [2.75, 3.05) is 18.4 Å². The van der Waals surface area contributed by atoms with E-state index in [1.54, 1.807) is 0 Å². The van der Waals surface area contributed by atoms with Crippen molar-refractivity contribution in [2.45, 2.75) is 26.7 Å². The van der Waals surface area contributed by atoms with Crippen LogP contribution in [0.3, 0.4) is 0 Å². The summed E-state index contributed by atoms with van der Waals surface area (Å²) in [6, 6.07) is 2.19. The molecule has 0 fully saturated rings. The van der Waals surface area contributed by atoms with Gasteiger partial charge in [-0.2, -0.15) is 10.4 Å². The maximum Gasteiger partial charge on any atom is 0.166 e. The molecular weight excluding hydrogens is 202 g/mol. The van der Waals surface area contributed by atoms with Crippen LogP contribution in [0.2, 0.25) is 0 Å². The monoisotopic (exact) mass is 219 g/mol. The molecule has 0 radical (unpaired) electrons. The molecule has 0 spiro atoms. The van der Waals surface area contributed by atoms with Gasteiger partial charge in [0, 0.05) is 13.1 Å². The average molecular weight is 219 g/mol. The van der Waals surface area contributed by atoms with E-state index in [2.05, 4.69) is 21.6 Å². The van der Waals surface area contributed by atoms with Crippen LogP contribution in [0.25, 0.3) is 0 Å². The van der Waals surface area contributed by atoms with Gasteiger partial charge >= 0.3 is 0 Å². The Morgan fingerprint density at radius 2 is 2.06 bits per heavy atom. The predicted octanol–water partition coefficient (Wildman–Crippen LogP) is 0.844. The Kier molecular flexibility index (Phi) is 4.67. The van der Waals surface area contributed by atoms with E-state index in [0.717, 1.165) is 24.1 Å². The van der Waals surface area contributed by atoms with Gasteiger partial charge in [0.25, 0.3) is 0 Å². The fourth-order valence-electron chi connectivity index (χ4n) is 1.61. The minimum absolute atomic E-state index is 0.504. The predicted molar refractivity (Wildman–Crippen MR) is 63.0 cm³/mol. The number of nitrogens with two attached hydrogens (primary N) is 1. The standard InChI is InChI=1S/C11H17N5/c1-3-8-9(7-13)11(14-6-5-12)16-15-10(8)4-2/h3-6,12H2,1-2H3,(H,14,16). The molecular formula is C11H17N5. The van der Waals surface area contributed by atoms with Gasteiger partial charge in [-0.3, -0.25) is 0 Å². The third-order valence-corrected chi connectivity index (χ3v) is 2.39. The summed E-state index contributed by atoms with van der Waals surface area (Å²) in [4.78, 5) is 0. The molecule has 0 amide bonds. The molecule has 0 aliphatic carbocycles. The molecule has 5 heteroatoms. The molecule has 0 aromatic carbocycles. The number of hydrogen-bond donors (Lipinski definition) is 2. The van der Waals surface area contributed by atoms with Crippen molar-refractivity contribution >= 4 is 5.82 Å². The van der Waals surface area contributed by atoms with Gasteiger partial charge in [-0.05, 0) is 18.4 Å². The van der Waals surface area contributed by atoms with E-state index in [9.17, 15) is 0 Å². The summed E-state index contributed by atoms with van der Waals surface area (Å²) in [5, 5.41) is 20.3. The van der Waals surface area contributed by atoms with Crippen LogP contribution in [-0.4, -0.2) is 23.3 Å². The molecule has 1 rings (SSSR count). The molecule has 0 bridgehead atoms. The lowest BCUT2D eigenvalue weighted by atomic mass is 10.0. The van der Waals surface area contributed by atoms with Crippen LogP contribution in [0.15, 0.2) is 0 Å². The van der Waals surface area contributed by atoms with Crippen LogP contribution in [0.5, 0.6) is 0 Å². The van der Waals surface area contributed by atoms with Gasteiger partial charge in [0.05, 0.1) is 5.69 Å². The molecule has 0 saturated carbocycles. The molecule has 0 unspecified atom stereocenters. The first-order chi connectivity index (χ1) is 7.78. The topological polar surface area (TPSA) is 87.6 Å². The van der Waals surface area contributed by atoms with Crippen molar-refractivity contribution in [1.29, 1.82) is 5.26 Å². The minimum atomic E-state index is 0.504. The van der Waals surface area contributed by atoms with Crippen LogP contribution in [0.4, 0.5) is 5.82 Å². The smallest absolute Gasteiger partial charge is 0.166 e. The second-order valence-corrected chi connectivity index (χ2v) is 3.38. The zero-order chi connectivity index (χ0) is 12.0. The second kappa shape index (κ2) is 6.03. The van der Waals surface area contributed by atoms with Crippen LogP contribution in [0, 0.1) is 11.3 Å². The summed E-state index contributed by atoms with van der Waals surface area (Å²) in [6.45, 7) is 5.13. The number of aryl methyl sites for hydroxylation is 1. The number of aromatic nitrogens is 2. The SMILES string of the molecule is CCc1nnc(NCCN)c(C#N)c1CC. The van der Waals surface area contributed by atoms with E-state index < -0.39 is 0 Å². The summed E-state index contributed by atoms with van der Waals surface area (Å²) in [5.74, 6) is 0.544. The Hall–Kier alpha value is -1.67. The van der Waals surface area contributed by atoms with Crippen molar-refractivity contribution in [1.82, 2.24) is 10.2 Å². The molecule has 16 heavy (non-hydrogen) atoms. The van der Waals surface area contributed by atoms with Crippen LogP contribution in [-0.2, 0) is 12.8 Å². The zero-order valence-corrected chi connectivity index (χ0v) is 9.75. The maximum absolute atomic E-state index is 9.16. The average Bonchev–Trinajstić information content (AvgIpc) is 2.34. The van der Waals surface area contributed by atoms with Crippen molar-refractivity contribution in [3.8, 4) is 6.07 Å². The van der Waals surface area contributed by atoms with Crippen LogP contribution >= 0.6 is 0 Å². The first-order valence-electron chi connectivity index (χ1n) is 5.50. The largest absolute Gasteiger partial charge is 0.366 e. The first kappa shape index (κ1) is 12.4. The summed E-state index contributed by atoms with van der Waals surface area (Å²) in [5.41, 5.74) is 7.89. The summed E-state index contributed by atoms with van der Waals surface area (Å²) in [7, 11) is 0. The first-order valence-corrected chi connectivity index (χ1v) is 5.50. The summed E-state index contributed by atoms with van der Waals surface area (Å²) < 4.78 is 0. The summed E-state index contributed by atoms with van der Waals surface area (Å²) >= 11 is 0. The van der Waals surface area contributed by atoms with E-state index in [4.69, 9.17) is 11.0 Å². The van der Waals surface area contributed by atoms with E-state index in [-0.39, 0.29) is 0 Å². The molecule has 1 heterocycles. The highest BCUT2D eigenvalue weighted by molar-refractivity contribution is 5.56. The van der Waals surface area contributed by atoms with Gasteiger partial charge in [-0.25, -0.2) is 0 Å². The normalized spacial score (nSPS) is 9.88. The zero-order valence-electron chi connectivity index (χ0n) is 9.75. The Bertz CT molecular complexity index is 394. The van der Waals surface area contributed by atoms with Gasteiger partial charge in [0.1, 0.15) is 11.6 Å². The lowest BCUT2D eigenvalue weighted by molar-refractivity contribution is 0.867. The highest BCUT2D eigenvalue weighted by Gasteiger charge is 2.13. The van der Waals surface area contributed by atoms with E-state index >= 15 is 0 Å². The number of rotatable bonds is 5. The van der Waals surface area contributed by atoms with Gasteiger partial charge in [0.2, 0.25) is 0 Å². The number of nitrogens with zero attached hydrogens (tertiary/aromatic N) is 3. The van der Waals surface area contributed by atoms with Crippen molar-refractivity contribution in [3.63, 3.8) is 0 Å². The molecule has 3 N–H and O–H groups in total. The van der Waals surface area contributed by atoms with Crippen molar-refractivity contribution in [3.05, 3.63) is 16.8 Å². The van der Waals surface area contributed by atoms with Crippen molar-refractivity contribution < 1.29 is 0 Å². The quantitative estimate of drug-likeness (QED) is 0.766. The summed E-state index contributed by atoms with van der Waals surface area (Å²) in [6.07, 6.45) is 1.58. The molecule has 1 aromatic rings. The molecule has 0 aliphatic rings. The van der Waals surface area contributed by atoms with Gasteiger partial charge in [-0.1, -0.05) is 13.8 Å². The Morgan fingerprint density at radius 1 is 1.31 bits per heavy atom. The van der Waals surface area contributed by atoms with E-state index in [0.29, 0.717) is 24.5 Å². The molecule has 0 atom stereocenters. The second-order valence-electron chi connectivity index (χ2n) is 3.38. The maximum atomic E-state index is 9.16. The Balaban J connectivity index is 3.16. The van der Waals surface area contributed by atoms with Crippen molar-refractivity contribution in [2.24, 2.45) is 5.73 Å². The van der Waals surface area contributed by atoms with Gasteiger partial charge < -0.3 is 11.1 Å². The third-order valence-electron chi connectivity index (χ3n) is 2.39. The molecule has 0 aliphatic heterocycles. The number of hydrogen-bond acceptors (Lipinski definition) is 5.